The molecule has 1 saturated heterocycles. The first-order valence-corrected chi connectivity index (χ1v) is 9.32. The molecule has 5 nitrogen and oxygen atoms in total. The number of nitrogens with one attached hydrogen (secondary N) is 1. The summed E-state index contributed by atoms with van der Waals surface area (Å²) in [5.41, 5.74) is 2.00. The highest BCUT2D eigenvalue weighted by atomic mass is 32.2. The molecule has 1 aromatic carbocycles. The number of thioether (sulfide) groups is 1. The SMILES string of the molecule is O=C(O)CCCCCN1C(=O)/C(=C/c2c[nH]c3ccccc23)SC1=S. The van der Waals surface area contributed by atoms with E-state index in [0.29, 0.717) is 22.2 Å². The van der Waals surface area contributed by atoms with Gasteiger partial charge in [0, 0.05) is 35.6 Å². The summed E-state index contributed by atoms with van der Waals surface area (Å²) in [7, 11) is 0. The van der Waals surface area contributed by atoms with E-state index in [2.05, 4.69) is 4.98 Å². The molecule has 0 atom stereocenters. The highest BCUT2D eigenvalue weighted by Crippen LogP contribution is 2.34. The highest BCUT2D eigenvalue weighted by Gasteiger charge is 2.31. The number of H-pyrrole nitrogens is 1. The number of unbranched alkanes of at least 4 members (excludes halogenated alkanes) is 2. The summed E-state index contributed by atoms with van der Waals surface area (Å²) >= 11 is 6.65. The summed E-state index contributed by atoms with van der Waals surface area (Å²) in [4.78, 5) is 28.5. The number of para-hydroxylation sites is 1. The van der Waals surface area contributed by atoms with Gasteiger partial charge in [-0.3, -0.25) is 14.5 Å². The lowest BCUT2D eigenvalue weighted by Crippen LogP contribution is -2.29. The Kier molecular flexibility index (Phi) is 5.55. The molecule has 0 aliphatic carbocycles. The number of carboxylic acids is 1. The maximum atomic E-state index is 12.6. The Balaban J connectivity index is 1.65. The van der Waals surface area contributed by atoms with Gasteiger partial charge in [-0.15, -0.1) is 0 Å². The summed E-state index contributed by atoms with van der Waals surface area (Å²) in [6.07, 6.45) is 6.07. The Hall–Kier alpha value is -2.12. The third-order valence-corrected chi connectivity index (χ3v) is 5.43. The van der Waals surface area contributed by atoms with Gasteiger partial charge in [-0.25, -0.2) is 0 Å². The predicted molar refractivity (Wildman–Crippen MR) is 104 cm³/mol. The molecule has 2 aromatic rings. The van der Waals surface area contributed by atoms with Crippen LogP contribution >= 0.6 is 24.0 Å². The largest absolute Gasteiger partial charge is 0.481 e. The standard InChI is InChI=1S/C18H18N2O3S2/c21-16(22)8-2-1-5-9-20-17(23)15(25-18(20)24)10-12-11-19-14-7-4-3-6-13(12)14/h3-4,6-7,10-11,19H,1-2,5,8-9H2,(H,21,22)/b15-10-. The van der Waals surface area contributed by atoms with E-state index in [1.54, 1.807) is 4.90 Å². The van der Waals surface area contributed by atoms with Gasteiger partial charge in [0.1, 0.15) is 4.32 Å². The summed E-state index contributed by atoms with van der Waals surface area (Å²) in [6, 6.07) is 7.94. The fourth-order valence-corrected chi connectivity index (χ4v) is 4.07. The number of nitrogens with zero attached hydrogens (tertiary/aromatic N) is 1. The molecule has 7 heteroatoms. The molecule has 1 aromatic heterocycles. The fraction of sp³-hybridized carbons (Fsp3) is 0.278. The molecule has 1 amide bonds. The minimum Gasteiger partial charge on any atom is -0.481 e. The molecule has 1 aliphatic heterocycles. The summed E-state index contributed by atoms with van der Waals surface area (Å²) in [5.74, 6) is -0.856. The molecule has 25 heavy (non-hydrogen) atoms. The number of hydrogen-bond donors (Lipinski definition) is 2. The third kappa shape index (κ3) is 4.11. The normalized spacial score (nSPS) is 16.3. The van der Waals surface area contributed by atoms with Crippen LogP contribution in [0.1, 0.15) is 31.2 Å². The second kappa shape index (κ2) is 7.84. The van der Waals surface area contributed by atoms with Crippen LogP contribution in [0.5, 0.6) is 0 Å². The zero-order valence-corrected chi connectivity index (χ0v) is 15.2. The van der Waals surface area contributed by atoms with E-state index in [1.165, 1.54) is 11.8 Å². The molecule has 0 bridgehead atoms. The molecular formula is C18H18N2O3S2. The number of benzene rings is 1. The number of carbonyl (C=O) groups excluding carboxylic acids is 1. The first-order chi connectivity index (χ1) is 12.1. The van der Waals surface area contributed by atoms with Crippen molar-refractivity contribution < 1.29 is 14.7 Å². The topological polar surface area (TPSA) is 73.4 Å². The molecule has 0 unspecified atom stereocenters. The van der Waals surface area contributed by atoms with Crippen molar-refractivity contribution in [2.75, 3.05) is 6.54 Å². The number of aromatic nitrogens is 1. The van der Waals surface area contributed by atoms with E-state index in [9.17, 15) is 9.59 Å². The Bertz CT molecular complexity index is 857. The van der Waals surface area contributed by atoms with Gasteiger partial charge in [0.2, 0.25) is 0 Å². The Labute approximate surface area is 155 Å². The molecule has 0 saturated carbocycles. The molecule has 0 spiro atoms. The van der Waals surface area contributed by atoms with Gasteiger partial charge >= 0.3 is 5.97 Å². The van der Waals surface area contributed by atoms with Crippen molar-refractivity contribution in [3.8, 4) is 0 Å². The molecule has 2 heterocycles. The molecule has 2 N–H and O–H groups in total. The summed E-state index contributed by atoms with van der Waals surface area (Å²) in [5, 5.41) is 9.71. The number of aromatic amines is 1. The van der Waals surface area contributed by atoms with Crippen molar-refractivity contribution in [1.82, 2.24) is 9.88 Å². The van der Waals surface area contributed by atoms with Crippen LogP contribution in [0.25, 0.3) is 17.0 Å². The predicted octanol–water partition coefficient (Wildman–Crippen LogP) is 4.01. The number of amides is 1. The number of carboxylic acid groups (broad SMARTS) is 1. The maximum Gasteiger partial charge on any atom is 0.303 e. The van der Waals surface area contributed by atoms with Crippen LogP contribution in [0.15, 0.2) is 35.4 Å². The van der Waals surface area contributed by atoms with Gasteiger partial charge < -0.3 is 10.1 Å². The molecule has 3 rings (SSSR count). The van der Waals surface area contributed by atoms with E-state index >= 15 is 0 Å². The smallest absolute Gasteiger partial charge is 0.303 e. The molecule has 1 aliphatic rings. The number of hydrogen-bond acceptors (Lipinski definition) is 4. The Morgan fingerprint density at radius 1 is 1.28 bits per heavy atom. The Morgan fingerprint density at radius 3 is 2.88 bits per heavy atom. The minimum atomic E-state index is -0.785. The maximum absolute atomic E-state index is 12.6. The quantitative estimate of drug-likeness (QED) is 0.435. The van der Waals surface area contributed by atoms with Gasteiger partial charge in [0.15, 0.2) is 0 Å². The second-order valence-corrected chi connectivity index (χ2v) is 7.50. The monoisotopic (exact) mass is 374 g/mol. The zero-order chi connectivity index (χ0) is 17.8. The lowest BCUT2D eigenvalue weighted by Gasteiger charge is -2.13. The fourth-order valence-electron chi connectivity index (χ4n) is 2.77. The van der Waals surface area contributed by atoms with E-state index in [4.69, 9.17) is 17.3 Å². The zero-order valence-electron chi connectivity index (χ0n) is 13.5. The van der Waals surface area contributed by atoms with Crippen molar-refractivity contribution in [2.24, 2.45) is 0 Å². The Morgan fingerprint density at radius 2 is 2.08 bits per heavy atom. The van der Waals surface area contributed by atoms with Gasteiger partial charge in [-0.1, -0.05) is 48.6 Å². The van der Waals surface area contributed by atoms with Crippen LogP contribution < -0.4 is 0 Å². The van der Waals surface area contributed by atoms with Crippen LogP contribution in [0, 0.1) is 0 Å². The first kappa shape index (κ1) is 17.7. The van der Waals surface area contributed by atoms with E-state index in [0.717, 1.165) is 29.3 Å². The molecule has 0 radical (unpaired) electrons. The van der Waals surface area contributed by atoms with Crippen LogP contribution in [-0.4, -0.2) is 37.7 Å². The number of rotatable bonds is 7. The van der Waals surface area contributed by atoms with E-state index < -0.39 is 5.97 Å². The lowest BCUT2D eigenvalue weighted by molar-refractivity contribution is -0.137. The van der Waals surface area contributed by atoms with Crippen molar-refractivity contribution in [2.45, 2.75) is 25.7 Å². The number of fused-ring (bicyclic) bond motifs is 1. The average molecular weight is 374 g/mol. The number of thiocarbonyl (C=S) groups is 1. The van der Waals surface area contributed by atoms with E-state index in [1.807, 2.05) is 36.5 Å². The molecular weight excluding hydrogens is 356 g/mol. The van der Waals surface area contributed by atoms with Crippen molar-refractivity contribution in [3.63, 3.8) is 0 Å². The van der Waals surface area contributed by atoms with Gasteiger partial charge in [0.05, 0.1) is 4.91 Å². The van der Waals surface area contributed by atoms with Crippen LogP contribution in [0.3, 0.4) is 0 Å². The summed E-state index contributed by atoms with van der Waals surface area (Å²) < 4.78 is 0.564. The minimum absolute atomic E-state index is 0.0708. The summed E-state index contributed by atoms with van der Waals surface area (Å²) in [6.45, 7) is 0.537. The van der Waals surface area contributed by atoms with Crippen molar-refractivity contribution in [3.05, 3.63) is 40.9 Å². The molecule has 1 fully saturated rings. The van der Waals surface area contributed by atoms with Crippen molar-refractivity contribution >= 4 is 57.2 Å². The molecule has 130 valence electrons. The first-order valence-electron chi connectivity index (χ1n) is 8.09. The lowest BCUT2D eigenvalue weighted by atomic mass is 10.1. The van der Waals surface area contributed by atoms with Crippen LogP contribution in [-0.2, 0) is 9.59 Å². The van der Waals surface area contributed by atoms with Crippen LogP contribution in [0.4, 0.5) is 0 Å². The van der Waals surface area contributed by atoms with Gasteiger partial charge in [-0.05, 0) is 25.0 Å². The third-order valence-electron chi connectivity index (χ3n) is 4.05. The number of carbonyl (C=O) groups is 2. The van der Waals surface area contributed by atoms with E-state index in [-0.39, 0.29) is 12.3 Å². The van der Waals surface area contributed by atoms with Gasteiger partial charge in [0.25, 0.3) is 5.91 Å². The van der Waals surface area contributed by atoms with Crippen LogP contribution in [0.2, 0.25) is 0 Å². The van der Waals surface area contributed by atoms with Crippen molar-refractivity contribution in [1.29, 1.82) is 0 Å². The van der Waals surface area contributed by atoms with Gasteiger partial charge in [-0.2, -0.15) is 0 Å². The highest BCUT2D eigenvalue weighted by molar-refractivity contribution is 8.26. The number of aliphatic carboxylic acids is 1. The average Bonchev–Trinajstić information content (AvgIpc) is 3.10. The second-order valence-electron chi connectivity index (χ2n) is 5.83.